The molecule has 1 aliphatic heterocycles. The second-order valence-electron chi connectivity index (χ2n) is 7.06. The number of piperazine rings is 1. The molecule has 1 saturated heterocycles. The van der Waals surface area contributed by atoms with E-state index in [-0.39, 0.29) is 24.0 Å². The van der Waals surface area contributed by atoms with Crippen LogP contribution in [0.2, 0.25) is 0 Å². The zero-order valence-electron chi connectivity index (χ0n) is 14.0. The molecule has 2 N–H and O–H groups in total. The third-order valence-corrected chi connectivity index (χ3v) is 3.94. The molecule has 0 radical (unpaired) electrons. The molecule has 0 saturated carbocycles. The van der Waals surface area contributed by atoms with E-state index in [9.17, 15) is 9.90 Å². The van der Waals surface area contributed by atoms with Crippen LogP contribution in [-0.2, 0) is 9.53 Å². The molecule has 21 heavy (non-hydrogen) atoms. The van der Waals surface area contributed by atoms with Gasteiger partial charge in [-0.05, 0) is 32.6 Å². The number of hydrogen-bond donors (Lipinski definition) is 2. The summed E-state index contributed by atoms with van der Waals surface area (Å²) in [6, 6.07) is 0. The Hall–Kier alpha value is -0.650. The van der Waals surface area contributed by atoms with E-state index in [1.54, 1.807) is 0 Å². The minimum atomic E-state index is -0.268. The summed E-state index contributed by atoms with van der Waals surface area (Å²) in [7, 11) is 0. The Morgan fingerprint density at radius 3 is 2.71 bits per heavy atom. The predicted molar refractivity (Wildman–Crippen MR) is 84.1 cm³/mol. The molecule has 1 rings (SSSR count). The number of amides is 1. The first kappa shape index (κ1) is 18.4. The van der Waals surface area contributed by atoms with Crippen molar-refractivity contribution in [2.75, 3.05) is 39.4 Å². The average Bonchev–Trinajstić information content (AvgIpc) is 2.42. The van der Waals surface area contributed by atoms with Crippen LogP contribution in [0.3, 0.4) is 0 Å². The summed E-state index contributed by atoms with van der Waals surface area (Å²) in [6.07, 6.45) is 1.79. The van der Waals surface area contributed by atoms with Crippen molar-refractivity contribution in [2.24, 2.45) is 11.8 Å². The third-order valence-electron chi connectivity index (χ3n) is 3.94. The molecule has 1 heterocycles. The van der Waals surface area contributed by atoms with Crippen LogP contribution < -0.4 is 5.32 Å². The molecule has 0 aromatic rings. The van der Waals surface area contributed by atoms with Gasteiger partial charge in [0, 0.05) is 32.2 Å². The van der Waals surface area contributed by atoms with Crippen LogP contribution in [0, 0.1) is 11.8 Å². The van der Waals surface area contributed by atoms with Crippen molar-refractivity contribution in [2.45, 2.75) is 46.1 Å². The number of ether oxygens (including phenoxy) is 1. The summed E-state index contributed by atoms with van der Waals surface area (Å²) in [4.78, 5) is 13.6. The highest BCUT2D eigenvalue weighted by Gasteiger charge is 2.24. The summed E-state index contributed by atoms with van der Waals surface area (Å²) in [5.41, 5.74) is -0.268. The van der Waals surface area contributed by atoms with Crippen molar-refractivity contribution >= 4 is 5.91 Å². The molecule has 1 fully saturated rings. The molecule has 1 amide bonds. The fraction of sp³-hybridized carbons (Fsp3) is 0.938. The van der Waals surface area contributed by atoms with Crippen LogP contribution in [0.4, 0.5) is 0 Å². The molecule has 1 aliphatic rings. The summed E-state index contributed by atoms with van der Waals surface area (Å²) in [6.45, 7) is 12.0. The number of aliphatic hydroxyl groups excluding tert-OH is 1. The van der Waals surface area contributed by atoms with Crippen molar-refractivity contribution in [1.29, 1.82) is 0 Å². The van der Waals surface area contributed by atoms with E-state index >= 15 is 0 Å². The monoisotopic (exact) mass is 300 g/mol. The first-order valence-corrected chi connectivity index (χ1v) is 8.07. The summed E-state index contributed by atoms with van der Waals surface area (Å²) in [5, 5.41) is 12.5. The Bertz CT molecular complexity index is 319. The van der Waals surface area contributed by atoms with Gasteiger partial charge in [-0.2, -0.15) is 0 Å². The lowest BCUT2D eigenvalue weighted by Crippen LogP contribution is -2.49. The quantitative estimate of drug-likeness (QED) is 0.673. The van der Waals surface area contributed by atoms with Gasteiger partial charge in [-0.3, -0.25) is 4.79 Å². The van der Waals surface area contributed by atoms with Gasteiger partial charge in [0.05, 0.1) is 18.8 Å². The minimum absolute atomic E-state index is 0.171. The van der Waals surface area contributed by atoms with Crippen LogP contribution in [0.15, 0.2) is 0 Å². The highest BCUT2D eigenvalue weighted by atomic mass is 16.5. The SMILES string of the molecule is CC(C)CC(CO)COC(C)(C)CCN1CCNCC1=O. The normalized spacial score (nSPS) is 18.4. The van der Waals surface area contributed by atoms with Gasteiger partial charge in [0.25, 0.3) is 0 Å². The van der Waals surface area contributed by atoms with Crippen molar-refractivity contribution in [3.63, 3.8) is 0 Å². The first-order chi connectivity index (χ1) is 9.84. The molecule has 5 heteroatoms. The van der Waals surface area contributed by atoms with Gasteiger partial charge in [-0.1, -0.05) is 13.8 Å². The number of aliphatic hydroxyl groups is 1. The van der Waals surface area contributed by atoms with E-state index in [1.807, 2.05) is 4.90 Å². The van der Waals surface area contributed by atoms with E-state index in [0.29, 0.717) is 19.1 Å². The molecule has 0 aromatic heterocycles. The van der Waals surface area contributed by atoms with Crippen LogP contribution >= 0.6 is 0 Å². The molecular weight excluding hydrogens is 268 g/mol. The van der Waals surface area contributed by atoms with E-state index in [2.05, 4.69) is 33.0 Å². The zero-order chi connectivity index (χ0) is 15.9. The van der Waals surface area contributed by atoms with Gasteiger partial charge < -0.3 is 20.1 Å². The zero-order valence-corrected chi connectivity index (χ0v) is 14.0. The summed E-state index contributed by atoms with van der Waals surface area (Å²) < 4.78 is 6.00. The van der Waals surface area contributed by atoms with Crippen molar-refractivity contribution < 1.29 is 14.6 Å². The molecule has 5 nitrogen and oxygen atoms in total. The van der Waals surface area contributed by atoms with E-state index in [4.69, 9.17) is 4.74 Å². The minimum Gasteiger partial charge on any atom is -0.396 e. The number of carbonyl (C=O) groups excluding carboxylic acids is 1. The van der Waals surface area contributed by atoms with Gasteiger partial charge in [0.2, 0.25) is 5.91 Å². The maximum atomic E-state index is 11.7. The number of nitrogens with one attached hydrogen (secondary N) is 1. The lowest BCUT2D eigenvalue weighted by Gasteiger charge is -2.33. The summed E-state index contributed by atoms with van der Waals surface area (Å²) in [5.74, 6) is 0.933. The molecule has 0 bridgehead atoms. The lowest BCUT2D eigenvalue weighted by atomic mass is 9.98. The number of rotatable bonds is 9. The summed E-state index contributed by atoms with van der Waals surface area (Å²) >= 11 is 0. The second-order valence-corrected chi connectivity index (χ2v) is 7.06. The van der Waals surface area contributed by atoms with Crippen molar-refractivity contribution in [3.8, 4) is 0 Å². The molecule has 1 atom stereocenters. The van der Waals surface area contributed by atoms with Gasteiger partial charge in [-0.25, -0.2) is 0 Å². The van der Waals surface area contributed by atoms with E-state index < -0.39 is 0 Å². The Morgan fingerprint density at radius 2 is 2.14 bits per heavy atom. The van der Waals surface area contributed by atoms with E-state index in [0.717, 1.165) is 32.5 Å². The maximum Gasteiger partial charge on any atom is 0.236 e. The Balaban J connectivity index is 2.33. The fourth-order valence-electron chi connectivity index (χ4n) is 2.56. The Morgan fingerprint density at radius 1 is 1.43 bits per heavy atom. The highest BCUT2D eigenvalue weighted by molar-refractivity contribution is 5.78. The molecular formula is C16H32N2O3. The third kappa shape index (κ3) is 7.25. The van der Waals surface area contributed by atoms with Crippen molar-refractivity contribution in [3.05, 3.63) is 0 Å². The standard InChI is InChI=1S/C16H32N2O3/c1-13(2)9-14(11-19)12-21-16(3,4)5-7-18-8-6-17-10-15(18)20/h13-14,17,19H,5-12H2,1-4H3. The Labute approximate surface area is 129 Å². The lowest BCUT2D eigenvalue weighted by molar-refractivity contribution is -0.133. The molecule has 0 spiro atoms. The number of nitrogens with zero attached hydrogens (tertiary/aromatic N) is 1. The van der Waals surface area contributed by atoms with Gasteiger partial charge in [-0.15, -0.1) is 0 Å². The van der Waals surface area contributed by atoms with Crippen molar-refractivity contribution in [1.82, 2.24) is 10.2 Å². The highest BCUT2D eigenvalue weighted by Crippen LogP contribution is 2.19. The van der Waals surface area contributed by atoms with Crippen LogP contribution in [-0.4, -0.2) is 60.9 Å². The Kier molecular flexibility index (Phi) is 7.63. The second kappa shape index (κ2) is 8.71. The average molecular weight is 300 g/mol. The topological polar surface area (TPSA) is 61.8 Å². The smallest absolute Gasteiger partial charge is 0.236 e. The molecule has 124 valence electrons. The van der Waals surface area contributed by atoms with E-state index in [1.165, 1.54) is 0 Å². The maximum absolute atomic E-state index is 11.7. The molecule has 1 unspecified atom stereocenters. The largest absolute Gasteiger partial charge is 0.396 e. The first-order valence-electron chi connectivity index (χ1n) is 8.07. The van der Waals surface area contributed by atoms with Crippen LogP contribution in [0.25, 0.3) is 0 Å². The van der Waals surface area contributed by atoms with Gasteiger partial charge in [0.15, 0.2) is 0 Å². The van der Waals surface area contributed by atoms with Gasteiger partial charge in [0.1, 0.15) is 0 Å². The number of carbonyl (C=O) groups is 1. The number of hydrogen-bond acceptors (Lipinski definition) is 4. The predicted octanol–water partition coefficient (Wildman–Crippen LogP) is 1.26. The van der Waals surface area contributed by atoms with Crippen LogP contribution in [0.1, 0.15) is 40.5 Å². The fourth-order valence-corrected chi connectivity index (χ4v) is 2.56. The molecule has 0 aromatic carbocycles. The molecule has 0 aliphatic carbocycles. The van der Waals surface area contributed by atoms with Crippen LogP contribution in [0.5, 0.6) is 0 Å². The van der Waals surface area contributed by atoms with Gasteiger partial charge >= 0.3 is 0 Å².